The largest absolute Gasteiger partial charge is 0.459 e. The Morgan fingerprint density at radius 2 is 2.00 bits per heavy atom. The summed E-state index contributed by atoms with van der Waals surface area (Å²) < 4.78 is 5.68. The number of carbonyl (C=O) groups is 1. The van der Waals surface area contributed by atoms with Crippen molar-refractivity contribution in [3.63, 3.8) is 0 Å². The molecule has 0 unspecified atom stereocenters. The number of amides is 1. The molecule has 0 bridgehead atoms. The molecule has 2 aromatic rings. The van der Waals surface area contributed by atoms with Crippen LogP contribution in [0, 0.1) is 0 Å². The smallest absolute Gasteiger partial charge is 0.307 e. The quantitative estimate of drug-likeness (QED) is 0.693. The van der Waals surface area contributed by atoms with Gasteiger partial charge in [0.05, 0.1) is 12.5 Å². The number of benzene rings is 1. The number of allylic oxidation sites excluding steroid dienone is 1. The molecule has 0 spiro atoms. The van der Waals surface area contributed by atoms with Gasteiger partial charge in [-0.15, -0.1) is 0 Å². The molecule has 1 N–H and O–H groups in total. The van der Waals surface area contributed by atoms with Crippen LogP contribution in [0.25, 0.3) is 6.08 Å². The van der Waals surface area contributed by atoms with E-state index in [1.165, 1.54) is 12.5 Å². The van der Waals surface area contributed by atoms with Gasteiger partial charge >= 0.3 is 5.91 Å². The highest BCUT2D eigenvalue weighted by atomic mass is 79.9. The normalized spacial score (nSPS) is 11.7. The lowest BCUT2D eigenvalue weighted by atomic mass is 10.2. The van der Waals surface area contributed by atoms with E-state index in [-0.39, 0.29) is 11.7 Å². The molecule has 1 aromatic carbocycles. The van der Waals surface area contributed by atoms with Crippen molar-refractivity contribution in [2.75, 3.05) is 0 Å². The van der Waals surface area contributed by atoms with Crippen molar-refractivity contribution < 1.29 is 9.21 Å². The van der Waals surface area contributed by atoms with Crippen molar-refractivity contribution in [3.8, 4) is 0 Å². The molecule has 0 saturated carbocycles. The summed E-state index contributed by atoms with van der Waals surface area (Å²) in [5, 5.41) is 3.82. The molecule has 0 aliphatic heterocycles. The Kier molecular flexibility index (Phi) is 4.69. The van der Waals surface area contributed by atoms with Gasteiger partial charge in [-0.2, -0.15) is 5.10 Å². The monoisotopic (exact) mass is 318 g/mol. The predicted molar refractivity (Wildman–Crippen MR) is 78.0 cm³/mol. The average molecular weight is 319 g/mol. The number of halogens is 1. The molecule has 0 aliphatic rings. The Bertz CT molecular complexity index is 589. The molecule has 0 radical (unpaired) electrons. The van der Waals surface area contributed by atoms with E-state index in [0.717, 1.165) is 10.0 Å². The number of rotatable bonds is 4. The summed E-state index contributed by atoms with van der Waals surface area (Å²) in [6.45, 7) is 0. The zero-order chi connectivity index (χ0) is 13.5. The maximum atomic E-state index is 11.5. The van der Waals surface area contributed by atoms with E-state index in [2.05, 4.69) is 26.5 Å². The standard InChI is InChI=1S/C14H11BrN2O2/c15-12(9-11-5-2-1-3-6-11)10-16-17-14(18)13-7-4-8-19-13/h1-10H,(H,17,18)/b12-9+,16-10?. The van der Waals surface area contributed by atoms with Gasteiger partial charge in [0.25, 0.3) is 0 Å². The summed E-state index contributed by atoms with van der Waals surface area (Å²) in [6.07, 6.45) is 4.83. The molecule has 4 nitrogen and oxygen atoms in total. The van der Waals surface area contributed by atoms with Gasteiger partial charge in [0.1, 0.15) is 0 Å². The Hall–Kier alpha value is -2.14. The van der Waals surface area contributed by atoms with E-state index < -0.39 is 0 Å². The molecule has 1 heterocycles. The van der Waals surface area contributed by atoms with Gasteiger partial charge in [0.2, 0.25) is 0 Å². The third kappa shape index (κ3) is 4.22. The van der Waals surface area contributed by atoms with Gasteiger partial charge in [-0.05, 0) is 39.7 Å². The Morgan fingerprint density at radius 1 is 1.21 bits per heavy atom. The molecule has 0 atom stereocenters. The maximum absolute atomic E-state index is 11.5. The minimum absolute atomic E-state index is 0.223. The van der Waals surface area contributed by atoms with Gasteiger partial charge in [0, 0.05) is 4.48 Å². The van der Waals surface area contributed by atoms with Crippen LogP contribution in [0.3, 0.4) is 0 Å². The van der Waals surface area contributed by atoms with Gasteiger partial charge < -0.3 is 4.42 Å². The molecule has 96 valence electrons. The van der Waals surface area contributed by atoms with Crippen LogP contribution in [0.15, 0.2) is 62.7 Å². The Labute approximate surface area is 118 Å². The number of furan rings is 1. The molecule has 0 saturated heterocycles. The summed E-state index contributed by atoms with van der Waals surface area (Å²) in [7, 11) is 0. The molecular weight excluding hydrogens is 308 g/mol. The van der Waals surface area contributed by atoms with E-state index in [0.29, 0.717) is 0 Å². The summed E-state index contributed by atoms with van der Waals surface area (Å²) in [5.41, 5.74) is 3.41. The third-order valence-electron chi connectivity index (χ3n) is 2.20. The highest BCUT2D eigenvalue weighted by molar-refractivity contribution is 9.12. The predicted octanol–water partition coefficient (Wildman–Crippen LogP) is 3.43. The van der Waals surface area contributed by atoms with Crippen molar-refractivity contribution in [2.45, 2.75) is 0 Å². The Balaban J connectivity index is 1.92. The van der Waals surface area contributed by atoms with E-state index in [9.17, 15) is 4.79 Å². The number of nitrogens with one attached hydrogen (secondary N) is 1. The van der Waals surface area contributed by atoms with E-state index in [1.54, 1.807) is 12.1 Å². The zero-order valence-electron chi connectivity index (χ0n) is 9.92. The number of hydrogen-bond acceptors (Lipinski definition) is 3. The number of carbonyl (C=O) groups excluding carboxylic acids is 1. The van der Waals surface area contributed by atoms with Crippen LogP contribution < -0.4 is 5.43 Å². The number of hydrazone groups is 1. The van der Waals surface area contributed by atoms with Crippen molar-refractivity contribution >= 4 is 34.1 Å². The molecule has 5 heteroatoms. The van der Waals surface area contributed by atoms with Crippen molar-refractivity contribution in [3.05, 3.63) is 64.5 Å². The zero-order valence-corrected chi connectivity index (χ0v) is 11.5. The van der Waals surface area contributed by atoms with Crippen molar-refractivity contribution in [1.29, 1.82) is 0 Å². The van der Waals surface area contributed by atoms with Gasteiger partial charge in [-0.25, -0.2) is 5.43 Å². The molecule has 19 heavy (non-hydrogen) atoms. The molecular formula is C14H11BrN2O2. The molecule has 0 fully saturated rings. The Morgan fingerprint density at radius 3 is 2.68 bits per heavy atom. The fourth-order valence-electron chi connectivity index (χ4n) is 1.36. The molecule has 1 aromatic heterocycles. The fraction of sp³-hybridized carbons (Fsp3) is 0. The molecule has 0 aliphatic carbocycles. The molecule has 2 rings (SSSR count). The second-order valence-corrected chi connectivity index (χ2v) is 4.53. The summed E-state index contributed by atoms with van der Waals surface area (Å²) in [6, 6.07) is 13.0. The van der Waals surface area contributed by atoms with Gasteiger partial charge in [-0.3, -0.25) is 4.79 Å². The molecule has 1 amide bonds. The minimum atomic E-state index is -0.388. The van der Waals surface area contributed by atoms with Crippen LogP contribution in [-0.4, -0.2) is 12.1 Å². The lowest BCUT2D eigenvalue weighted by Gasteiger charge is -1.95. The van der Waals surface area contributed by atoms with E-state index >= 15 is 0 Å². The third-order valence-corrected chi connectivity index (χ3v) is 2.64. The first-order valence-corrected chi connectivity index (χ1v) is 6.34. The van der Waals surface area contributed by atoms with Crippen molar-refractivity contribution in [1.82, 2.24) is 5.43 Å². The van der Waals surface area contributed by atoms with Gasteiger partial charge in [0.15, 0.2) is 5.76 Å². The second kappa shape index (κ2) is 6.70. The first-order chi connectivity index (χ1) is 9.25. The second-order valence-electron chi connectivity index (χ2n) is 3.62. The number of hydrogen-bond donors (Lipinski definition) is 1. The van der Waals surface area contributed by atoms with Crippen LogP contribution in [-0.2, 0) is 0 Å². The van der Waals surface area contributed by atoms with Crippen LogP contribution in [0.1, 0.15) is 16.1 Å². The van der Waals surface area contributed by atoms with Crippen LogP contribution in [0.5, 0.6) is 0 Å². The topological polar surface area (TPSA) is 54.6 Å². The van der Waals surface area contributed by atoms with E-state index in [1.807, 2.05) is 36.4 Å². The van der Waals surface area contributed by atoms with Crippen molar-refractivity contribution in [2.24, 2.45) is 5.10 Å². The summed E-state index contributed by atoms with van der Waals surface area (Å²) in [5.74, 6) is -0.165. The van der Waals surface area contributed by atoms with E-state index in [4.69, 9.17) is 4.42 Å². The van der Waals surface area contributed by atoms with Crippen LogP contribution >= 0.6 is 15.9 Å². The minimum Gasteiger partial charge on any atom is -0.459 e. The highest BCUT2D eigenvalue weighted by Crippen LogP contribution is 2.09. The average Bonchev–Trinajstić information content (AvgIpc) is 2.93. The first kappa shape index (κ1) is 13.3. The lowest BCUT2D eigenvalue weighted by molar-refractivity contribution is 0.0927. The SMILES string of the molecule is O=C(NN=C/C(Br)=C\c1ccccc1)c1ccco1. The summed E-state index contributed by atoms with van der Waals surface area (Å²) >= 11 is 3.35. The first-order valence-electron chi connectivity index (χ1n) is 5.55. The lowest BCUT2D eigenvalue weighted by Crippen LogP contribution is -2.16. The van der Waals surface area contributed by atoms with Crippen LogP contribution in [0.2, 0.25) is 0 Å². The maximum Gasteiger partial charge on any atom is 0.307 e. The highest BCUT2D eigenvalue weighted by Gasteiger charge is 2.05. The van der Waals surface area contributed by atoms with Gasteiger partial charge in [-0.1, -0.05) is 30.3 Å². The van der Waals surface area contributed by atoms with Crippen LogP contribution in [0.4, 0.5) is 0 Å². The fourth-order valence-corrected chi connectivity index (χ4v) is 1.73. The number of nitrogens with zero attached hydrogens (tertiary/aromatic N) is 1. The summed E-state index contributed by atoms with van der Waals surface area (Å²) in [4.78, 5) is 11.5.